The largest absolute Gasteiger partial charge is 0.341 e. The van der Waals surface area contributed by atoms with E-state index in [1.54, 1.807) is 0 Å². The van der Waals surface area contributed by atoms with Crippen LogP contribution in [0.25, 0.3) is 44.1 Å². The molecule has 0 bridgehead atoms. The molecule has 0 N–H and O–H groups in total. The van der Waals surface area contributed by atoms with E-state index in [1.165, 1.54) is 101 Å². The van der Waals surface area contributed by atoms with Crippen molar-refractivity contribution in [3.05, 3.63) is 209 Å². The summed E-state index contributed by atoms with van der Waals surface area (Å²) < 4.78 is 2.47. The van der Waals surface area contributed by atoms with E-state index in [0.717, 1.165) is 26.7 Å². The fourth-order valence-corrected chi connectivity index (χ4v) is 9.34. The number of hydrogen-bond donors (Lipinski definition) is 0. The number of para-hydroxylation sites is 1. The molecule has 1 heterocycles. The van der Waals surface area contributed by atoms with Crippen molar-refractivity contribution in [3.63, 3.8) is 0 Å². The molecule has 0 saturated heterocycles. The zero-order valence-corrected chi connectivity index (χ0v) is 37.0. The van der Waals surface area contributed by atoms with Crippen molar-refractivity contribution < 1.29 is 0 Å². The van der Waals surface area contributed by atoms with Gasteiger partial charge in [0.15, 0.2) is 7.28 Å². The van der Waals surface area contributed by atoms with Gasteiger partial charge in [-0.3, -0.25) is 0 Å². The smallest absolute Gasteiger partial charge is 0.187 e. The van der Waals surface area contributed by atoms with Gasteiger partial charge in [0.05, 0.1) is 0 Å². The Bertz CT molecular complexity index is 2630. The average molecular weight is 784 g/mol. The van der Waals surface area contributed by atoms with Crippen molar-refractivity contribution in [2.45, 2.75) is 92.5 Å². The monoisotopic (exact) mass is 783 g/mol. The predicted molar refractivity (Wildman–Crippen MR) is 266 cm³/mol. The zero-order chi connectivity index (χ0) is 42.0. The number of allylic oxidation sites excluding steroid dienone is 8. The lowest BCUT2D eigenvalue weighted by Crippen LogP contribution is -2.22. The van der Waals surface area contributed by atoms with Gasteiger partial charge in [0.2, 0.25) is 0 Å². The summed E-state index contributed by atoms with van der Waals surface area (Å²) in [5.41, 5.74) is 18.7. The second-order valence-corrected chi connectivity index (χ2v) is 16.7. The number of aryl methyl sites for hydroxylation is 3. The van der Waals surface area contributed by atoms with Crippen LogP contribution in [-0.4, -0.2) is 11.8 Å². The normalized spacial score (nSPS) is 13.7. The van der Waals surface area contributed by atoms with E-state index in [1.807, 2.05) is 0 Å². The number of fused-ring (bicyclic) bond motifs is 3. The van der Waals surface area contributed by atoms with Crippen LogP contribution in [0.1, 0.15) is 106 Å². The fourth-order valence-electron chi connectivity index (χ4n) is 9.34. The van der Waals surface area contributed by atoms with Crippen LogP contribution >= 0.6 is 0 Å². The summed E-state index contributed by atoms with van der Waals surface area (Å²) >= 11 is 0. The highest BCUT2D eigenvalue weighted by Gasteiger charge is 2.19. The Balaban J connectivity index is 1.03. The van der Waals surface area contributed by atoms with Gasteiger partial charge >= 0.3 is 0 Å². The Morgan fingerprint density at radius 3 is 1.97 bits per heavy atom. The Kier molecular flexibility index (Phi) is 14.0. The molecule has 0 amide bonds. The van der Waals surface area contributed by atoms with E-state index >= 15 is 0 Å². The maximum absolute atomic E-state index is 2.47. The Hall–Kier alpha value is -5.86. The van der Waals surface area contributed by atoms with Crippen LogP contribution in [0.4, 0.5) is 0 Å². The molecule has 7 aromatic rings. The first-order valence-corrected chi connectivity index (χ1v) is 22.3. The number of nitrogens with zero attached hydrogens (tertiary/aromatic N) is 1. The minimum Gasteiger partial charge on any atom is -0.341 e. The van der Waals surface area contributed by atoms with Crippen molar-refractivity contribution in [3.8, 4) is 11.1 Å². The first-order chi connectivity index (χ1) is 29.3. The summed E-state index contributed by atoms with van der Waals surface area (Å²) in [7, 11) is 0.930. The maximum atomic E-state index is 2.47. The average Bonchev–Trinajstić information content (AvgIpc) is 3.62. The molecule has 0 radical (unpaired) electrons. The fraction of sp³-hybridized carbons (Fsp3) is 0.241. The highest BCUT2D eigenvalue weighted by atomic mass is 15.0. The molecule has 0 aliphatic rings. The summed E-state index contributed by atoms with van der Waals surface area (Å²) in [6, 6.07) is 51.5. The topological polar surface area (TPSA) is 4.93 Å². The molecule has 6 aromatic carbocycles. The van der Waals surface area contributed by atoms with E-state index in [2.05, 4.69) is 223 Å². The van der Waals surface area contributed by atoms with E-state index in [4.69, 9.17) is 0 Å². The molecule has 2 unspecified atom stereocenters. The van der Waals surface area contributed by atoms with E-state index in [9.17, 15) is 0 Å². The number of aromatic nitrogens is 1. The SMILES string of the molecule is C/C=C(\C=C/C/C=C(\C=C(\C)Bc1c(C)cc(-c2ccc(C(CC)CCC(C)c3cccc4c3c3ccccc3n4CC)cc2)cc1C)c1ccccc1)c1ccccc1. The first kappa shape index (κ1) is 42.3. The van der Waals surface area contributed by atoms with Gasteiger partial charge in [-0.15, -0.1) is 5.47 Å². The number of hydrogen-bond acceptors (Lipinski definition) is 0. The van der Waals surface area contributed by atoms with E-state index < -0.39 is 0 Å². The lowest BCUT2D eigenvalue weighted by Gasteiger charge is -2.20. The second kappa shape index (κ2) is 19.9. The van der Waals surface area contributed by atoms with Gasteiger partial charge in [0, 0.05) is 28.4 Å². The third kappa shape index (κ3) is 9.61. The van der Waals surface area contributed by atoms with Crippen LogP contribution in [-0.2, 0) is 6.54 Å². The molecule has 2 atom stereocenters. The van der Waals surface area contributed by atoms with E-state index in [0.29, 0.717) is 11.8 Å². The molecule has 0 fully saturated rings. The Morgan fingerprint density at radius 1 is 0.683 bits per heavy atom. The minimum atomic E-state index is 0.487. The van der Waals surface area contributed by atoms with Crippen molar-refractivity contribution in [2.75, 3.05) is 0 Å². The summed E-state index contributed by atoms with van der Waals surface area (Å²) in [5, 5.41) is 2.83. The van der Waals surface area contributed by atoms with Crippen LogP contribution in [0.5, 0.6) is 0 Å². The van der Waals surface area contributed by atoms with Gasteiger partial charge in [0.25, 0.3) is 0 Å². The minimum absolute atomic E-state index is 0.487. The molecule has 1 aromatic heterocycles. The summed E-state index contributed by atoms with van der Waals surface area (Å²) in [6.07, 6.45) is 15.8. The third-order valence-corrected chi connectivity index (χ3v) is 12.7. The van der Waals surface area contributed by atoms with Gasteiger partial charge in [-0.25, -0.2) is 0 Å². The number of benzene rings is 6. The first-order valence-electron chi connectivity index (χ1n) is 22.3. The van der Waals surface area contributed by atoms with E-state index in [-0.39, 0.29) is 0 Å². The van der Waals surface area contributed by atoms with Crippen LogP contribution < -0.4 is 5.46 Å². The molecule has 302 valence electrons. The second-order valence-electron chi connectivity index (χ2n) is 16.7. The van der Waals surface area contributed by atoms with Crippen molar-refractivity contribution in [1.29, 1.82) is 0 Å². The van der Waals surface area contributed by atoms with Crippen molar-refractivity contribution >= 4 is 45.7 Å². The zero-order valence-electron chi connectivity index (χ0n) is 37.0. The van der Waals surface area contributed by atoms with Crippen LogP contribution in [0.2, 0.25) is 0 Å². The Morgan fingerprint density at radius 2 is 1.32 bits per heavy atom. The molecule has 1 nitrogen and oxygen atoms in total. The highest BCUT2D eigenvalue weighted by molar-refractivity contribution is 6.62. The van der Waals surface area contributed by atoms with Crippen molar-refractivity contribution in [1.82, 2.24) is 4.57 Å². The standard InChI is InChI=1S/C58H62BN/c1-8-45(47-23-13-11-14-24-47)22-17-18-27-51(48-25-15-12-16-26-48)40-44(7)59-58-42(5)38-52(39-43(58)6)50-36-34-49(35-37-50)46(9-2)33-32-41(4)53-29-21-31-56-57(53)54-28-19-20-30-55(54)60(56)10-3/h8,11-17,19-31,34-41,46,59H,9-10,18,32-33H2,1-7H3/b22-17-,44-40-,45-8+,51-27+. The molecule has 7 rings (SSSR count). The van der Waals surface area contributed by atoms with Gasteiger partial charge in [0.1, 0.15) is 0 Å². The molecule has 60 heavy (non-hydrogen) atoms. The van der Waals surface area contributed by atoms with Gasteiger partial charge in [-0.2, -0.15) is 0 Å². The molecule has 0 aliphatic carbocycles. The van der Waals surface area contributed by atoms with Crippen molar-refractivity contribution in [2.24, 2.45) is 0 Å². The van der Waals surface area contributed by atoms with Crippen LogP contribution in [0.3, 0.4) is 0 Å². The van der Waals surface area contributed by atoms with Gasteiger partial charge < -0.3 is 4.57 Å². The molecule has 0 aliphatic heterocycles. The summed E-state index contributed by atoms with van der Waals surface area (Å²) in [6.45, 7) is 17.0. The predicted octanol–water partition coefficient (Wildman–Crippen LogP) is 15.3. The lowest BCUT2D eigenvalue weighted by atomic mass is 9.60. The van der Waals surface area contributed by atoms with Gasteiger partial charge in [-0.1, -0.05) is 195 Å². The summed E-state index contributed by atoms with van der Waals surface area (Å²) in [5.74, 6) is 1.03. The Labute approximate surface area is 361 Å². The lowest BCUT2D eigenvalue weighted by molar-refractivity contribution is 0.537. The molecular weight excluding hydrogens is 721 g/mol. The highest BCUT2D eigenvalue weighted by Crippen LogP contribution is 2.38. The molecule has 0 spiro atoms. The molecule has 2 heteroatoms. The third-order valence-electron chi connectivity index (χ3n) is 12.7. The maximum Gasteiger partial charge on any atom is 0.187 e. The van der Waals surface area contributed by atoms with Crippen LogP contribution in [0, 0.1) is 13.8 Å². The van der Waals surface area contributed by atoms with Gasteiger partial charge in [-0.05, 0) is 122 Å². The van der Waals surface area contributed by atoms with Crippen LogP contribution in [0.15, 0.2) is 175 Å². The molecule has 0 saturated carbocycles. The number of rotatable bonds is 16. The summed E-state index contributed by atoms with van der Waals surface area (Å²) in [4.78, 5) is 0. The quantitative estimate of drug-likeness (QED) is 0.0679. The molecular formula is C58H62BN.